The van der Waals surface area contributed by atoms with Gasteiger partial charge in [-0.05, 0) is 35.4 Å². The van der Waals surface area contributed by atoms with E-state index in [1.807, 2.05) is 36.4 Å². The number of ether oxygens (including phenoxy) is 1. The number of methoxy groups -OCH3 is 1. The topological polar surface area (TPSA) is 74.1 Å². The first-order valence-electron chi connectivity index (χ1n) is 7.45. The molecule has 126 valence electrons. The molecule has 0 fully saturated rings. The predicted molar refractivity (Wildman–Crippen MR) is 96.2 cm³/mol. The van der Waals surface area contributed by atoms with Crippen molar-refractivity contribution in [2.24, 2.45) is 0 Å². The molecule has 1 aromatic carbocycles. The molecular weight excluding hydrogens is 342 g/mol. The first-order valence-corrected chi connectivity index (χ1v) is 7.83. The molecule has 0 amide bonds. The van der Waals surface area contributed by atoms with E-state index in [-0.39, 0.29) is 17.3 Å². The summed E-state index contributed by atoms with van der Waals surface area (Å²) in [6.45, 7) is -0.317. The number of halogens is 1. The smallest absolute Gasteiger partial charge is 0.325 e. The molecule has 0 saturated heterocycles. The average molecular weight is 356 g/mol. The van der Waals surface area contributed by atoms with Crippen molar-refractivity contribution in [3.8, 4) is 0 Å². The van der Waals surface area contributed by atoms with Crippen molar-refractivity contribution in [3.05, 3.63) is 69.4 Å². The number of rotatable bonds is 4. The second-order valence-corrected chi connectivity index (χ2v) is 5.53. The summed E-state index contributed by atoms with van der Waals surface area (Å²) in [5.41, 5.74) is 1.63. The zero-order chi connectivity index (χ0) is 17.8. The van der Waals surface area contributed by atoms with Gasteiger partial charge in [-0.2, -0.15) is 0 Å². The van der Waals surface area contributed by atoms with E-state index in [9.17, 15) is 9.59 Å². The Balaban J connectivity index is 2.03. The highest BCUT2D eigenvalue weighted by Gasteiger charge is 2.14. The van der Waals surface area contributed by atoms with Gasteiger partial charge in [-0.3, -0.25) is 14.2 Å². The molecule has 3 aromatic rings. The molecule has 0 saturated carbocycles. The molecule has 0 bridgehead atoms. The predicted octanol–water partition coefficient (Wildman–Crippen LogP) is 2.79. The highest BCUT2D eigenvalue weighted by Crippen LogP contribution is 2.13. The van der Waals surface area contributed by atoms with Crippen molar-refractivity contribution in [1.82, 2.24) is 14.5 Å². The summed E-state index contributed by atoms with van der Waals surface area (Å²) in [5, 5.41) is -0.0859. The first kappa shape index (κ1) is 16.9. The van der Waals surface area contributed by atoms with E-state index in [1.165, 1.54) is 7.11 Å². The van der Waals surface area contributed by atoms with Crippen LogP contribution >= 0.6 is 11.6 Å². The van der Waals surface area contributed by atoms with Crippen LogP contribution in [0, 0.1) is 0 Å². The number of nitrogens with zero attached hydrogens (tertiary/aromatic N) is 3. The second kappa shape index (κ2) is 7.27. The van der Waals surface area contributed by atoms with Crippen molar-refractivity contribution in [2.45, 2.75) is 6.54 Å². The Morgan fingerprint density at radius 1 is 1.16 bits per heavy atom. The average Bonchev–Trinajstić information content (AvgIpc) is 2.64. The molecule has 25 heavy (non-hydrogen) atoms. The van der Waals surface area contributed by atoms with Gasteiger partial charge in [0.05, 0.1) is 18.3 Å². The van der Waals surface area contributed by atoms with Crippen molar-refractivity contribution in [1.29, 1.82) is 0 Å². The van der Waals surface area contributed by atoms with Crippen LogP contribution in [0.15, 0.2) is 47.3 Å². The molecule has 2 heterocycles. The minimum Gasteiger partial charge on any atom is -0.468 e. The molecule has 0 aliphatic heterocycles. The summed E-state index contributed by atoms with van der Waals surface area (Å²) in [6, 6.07) is 13.1. The molecule has 7 heteroatoms. The molecule has 0 aliphatic carbocycles. The van der Waals surface area contributed by atoms with Crippen molar-refractivity contribution in [3.63, 3.8) is 0 Å². The highest BCUT2D eigenvalue weighted by atomic mass is 35.5. The molecule has 0 aliphatic rings. The van der Waals surface area contributed by atoms with E-state index >= 15 is 0 Å². The molecular formula is C18H14ClN3O3. The number of carbonyl (C=O) groups is 1. The van der Waals surface area contributed by atoms with Crippen LogP contribution in [0.5, 0.6) is 0 Å². The van der Waals surface area contributed by atoms with Crippen molar-refractivity contribution >= 4 is 40.8 Å². The maximum atomic E-state index is 12.6. The van der Waals surface area contributed by atoms with E-state index < -0.39 is 11.5 Å². The quantitative estimate of drug-likeness (QED) is 0.531. The molecule has 0 radical (unpaired) electrons. The lowest BCUT2D eigenvalue weighted by Crippen LogP contribution is -2.27. The molecule has 6 nitrogen and oxygen atoms in total. The zero-order valence-corrected chi connectivity index (χ0v) is 14.1. The summed E-state index contributed by atoms with van der Waals surface area (Å²) in [6.07, 6.45) is 3.69. The second-order valence-electron chi connectivity index (χ2n) is 5.20. The third-order valence-corrected chi connectivity index (χ3v) is 3.83. The molecule has 0 spiro atoms. The van der Waals surface area contributed by atoms with Gasteiger partial charge in [0, 0.05) is 0 Å². The maximum Gasteiger partial charge on any atom is 0.325 e. The number of benzene rings is 1. The molecule has 0 atom stereocenters. The molecule has 2 aromatic heterocycles. The van der Waals surface area contributed by atoms with Gasteiger partial charge in [-0.15, -0.1) is 0 Å². The monoisotopic (exact) mass is 355 g/mol. The lowest BCUT2D eigenvalue weighted by molar-refractivity contribution is -0.141. The third-order valence-electron chi connectivity index (χ3n) is 3.54. The van der Waals surface area contributed by atoms with Crippen molar-refractivity contribution in [2.75, 3.05) is 7.11 Å². The fourth-order valence-corrected chi connectivity index (χ4v) is 2.48. The van der Waals surface area contributed by atoms with Gasteiger partial charge in [-0.25, -0.2) is 9.97 Å². The Hall–Kier alpha value is -2.99. The van der Waals surface area contributed by atoms with E-state index in [4.69, 9.17) is 11.6 Å². The van der Waals surface area contributed by atoms with Gasteiger partial charge in [0.2, 0.25) is 5.28 Å². The van der Waals surface area contributed by atoms with Gasteiger partial charge >= 0.3 is 5.97 Å². The lowest BCUT2D eigenvalue weighted by Gasteiger charge is -2.07. The van der Waals surface area contributed by atoms with Crippen LogP contribution in [-0.2, 0) is 16.1 Å². The number of aromatic nitrogens is 3. The van der Waals surface area contributed by atoms with Crippen LogP contribution in [0.25, 0.3) is 23.2 Å². The standard InChI is InChI=1S/C18H14ClN3O3/c1-25-15(23)11-22-17(24)16-14(21-18(22)19)10-9-13(20-16)8-7-12-5-3-2-4-6-12/h2-10H,11H2,1H3/b8-7+. The van der Waals surface area contributed by atoms with Crippen LogP contribution in [0.1, 0.15) is 11.3 Å². The van der Waals surface area contributed by atoms with E-state index in [1.54, 1.807) is 18.2 Å². The SMILES string of the molecule is COC(=O)Cn1c(Cl)nc2ccc(/C=C/c3ccccc3)nc2c1=O. The van der Waals surface area contributed by atoms with Crippen LogP contribution in [0.3, 0.4) is 0 Å². The Morgan fingerprint density at radius 2 is 1.92 bits per heavy atom. The van der Waals surface area contributed by atoms with Crippen LogP contribution in [-0.4, -0.2) is 27.6 Å². The third kappa shape index (κ3) is 3.75. The van der Waals surface area contributed by atoms with Crippen LogP contribution in [0.2, 0.25) is 5.28 Å². The summed E-state index contributed by atoms with van der Waals surface area (Å²) in [4.78, 5) is 32.5. The Morgan fingerprint density at radius 3 is 2.64 bits per heavy atom. The number of fused-ring (bicyclic) bond motifs is 1. The number of carbonyl (C=O) groups excluding carboxylic acids is 1. The summed E-state index contributed by atoms with van der Waals surface area (Å²) in [5.74, 6) is -0.592. The van der Waals surface area contributed by atoms with Gasteiger partial charge in [0.25, 0.3) is 5.56 Å². The number of hydrogen-bond donors (Lipinski definition) is 0. The van der Waals surface area contributed by atoms with Gasteiger partial charge in [0.1, 0.15) is 6.54 Å². The molecule has 0 unspecified atom stereocenters. The lowest BCUT2D eigenvalue weighted by atomic mass is 10.2. The largest absolute Gasteiger partial charge is 0.468 e. The van der Waals surface area contributed by atoms with Crippen LogP contribution < -0.4 is 5.56 Å². The Labute approximate surface area is 148 Å². The first-order chi connectivity index (χ1) is 12.1. The van der Waals surface area contributed by atoms with Gasteiger partial charge in [-0.1, -0.05) is 36.4 Å². The molecule has 3 rings (SSSR count). The maximum absolute atomic E-state index is 12.6. The number of hydrogen-bond acceptors (Lipinski definition) is 5. The van der Waals surface area contributed by atoms with E-state index in [2.05, 4.69) is 14.7 Å². The van der Waals surface area contributed by atoms with Gasteiger partial charge in [0.15, 0.2) is 5.52 Å². The fraction of sp³-hybridized carbons (Fsp3) is 0.111. The van der Waals surface area contributed by atoms with Crippen LogP contribution in [0.4, 0.5) is 0 Å². The van der Waals surface area contributed by atoms with Crippen molar-refractivity contribution < 1.29 is 9.53 Å². The number of pyridine rings is 1. The summed E-state index contributed by atoms with van der Waals surface area (Å²) in [7, 11) is 1.24. The van der Waals surface area contributed by atoms with E-state index in [0.717, 1.165) is 10.1 Å². The Bertz CT molecular complexity index is 1010. The van der Waals surface area contributed by atoms with E-state index in [0.29, 0.717) is 11.2 Å². The summed E-state index contributed by atoms with van der Waals surface area (Å²) >= 11 is 5.99. The Kier molecular flexibility index (Phi) is 4.90. The normalized spacial score (nSPS) is 11.1. The van der Waals surface area contributed by atoms with Gasteiger partial charge < -0.3 is 4.74 Å². The number of esters is 1. The highest BCUT2D eigenvalue weighted by molar-refractivity contribution is 6.28. The minimum absolute atomic E-state index is 0.0859. The molecule has 0 N–H and O–H groups in total. The zero-order valence-electron chi connectivity index (χ0n) is 13.3. The minimum atomic E-state index is -0.592. The summed E-state index contributed by atoms with van der Waals surface area (Å²) < 4.78 is 5.61. The fourth-order valence-electron chi connectivity index (χ4n) is 2.26.